The first-order valence-corrected chi connectivity index (χ1v) is 4.36. The van der Waals surface area contributed by atoms with Crippen LogP contribution in [0.25, 0.3) is 0 Å². The van der Waals surface area contributed by atoms with Crippen LogP contribution in [0, 0.1) is 0 Å². The van der Waals surface area contributed by atoms with Crippen molar-refractivity contribution >= 4 is 17.5 Å². The number of aromatic nitrogens is 4. The van der Waals surface area contributed by atoms with Gasteiger partial charge in [-0.1, -0.05) is 5.10 Å². The summed E-state index contributed by atoms with van der Waals surface area (Å²) in [6.07, 6.45) is 0. The predicted molar refractivity (Wildman–Crippen MR) is 47.4 cm³/mol. The quantitative estimate of drug-likeness (QED) is 0.639. The summed E-state index contributed by atoms with van der Waals surface area (Å²) in [7, 11) is 1.81. The highest BCUT2D eigenvalue weighted by Gasteiger charge is 2.09. The van der Waals surface area contributed by atoms with E-state index < -0.39 is 0 Å². The van der Waals surface area contributed by atoms with Crippen molar-refractivity contribution in [2.45, 2.75) is 6.92 Å². The fourth-order valence-electron chi connectivity index (χ4n) is 0.994. The first kappa shape index (κ1) is 9.25. The molecule has 0 radical (unpaired) electrons. The Hall–Kier alpha value is -0.840. The van der Waals surface area contributed by atoms with E-state index in [4.69, 9.17) is 11.6 Å². The van der Waals surface area contributed by atoms with Gasteiger partial charge in [0.2, 0.25) is 5.95 Å². The minimum absolute atomic E-state index is 0.584. The van der Waals surface area contributed by atoms with Crippen molar-refractivity contribution < 1.29 is 0 Å². The molecule has 0 atom stereocenters. The van der Waals surface area contributed by atoms with E-state index in [2.05, 4.69) is 15.5 Å². The molecule has 0 spiro atoms. The fourth-order valence-corrected chi connectivity index (χ4v) is 1.20. The number of aryl methyl sites for hydroxylation is 1. The van der Waals surface area contributed by atoms with Gasteiger partial charge in [-0.2, -0.15) is 0 Å². The molecule has 6 heteroatoms. The highest BCUT2D eigenvalue weighted by Crippen LogP contribution is 2.05. The standard InChI is InChI=1S/C6H12ClN5/c1-3-12(5-4-7)6-8-9-10-11(6)2/h3-5H2,1-2H3. The summed E-state index contributed by atoms with van der Waals surface area (Å²) in [6.45, 7) is 3.68. The number of tetrazole rings is 1. The van der Waals surface area contributed by atoms with Crippen LogP contribution in [0.2, 0.25) is 0 Å². The molecule has 0 aliphatic rings. The minimum Gasteiger partial charge on any atom is -0.339 e. The highest BCUT2D eigenvalue weighted by atomic mass is 35.5. The second-order valence-electron chi connectivity index (χ2n) is 2.37. The number of alkyl halides is 1. The lowest BCUT2D eigenvalue weighted by atomic mass is 10.5. The Kier molecular flexibility index (Phi) is 3.28. The van der Waals surface area contributed by atoms with Crippen molar-refractivity contribution in [1.82, 2.24) is 20.2 Å². The van der Waals surface area contributed by atoms with Gasteiger partial charge in [-0.05, 0) is 17.4 Å². The van der Waals surface area contributed by atoms with Crippen LogP contribution in [0.1, 0.15) is 6.92 Å². The second-order valence-corrected chi connectivity index (χ2v) is 2.75. The van der Waals surface area contributed by atoms with Gasteiger partial charge in [0, 0.05) is 26.0 Å². The molecule has 0 saturated carbocycles. The SMILES string of the molecule is CCN(CCCl)c1nnnn1C. The monoisotopic (exact) mass is 189 g/mol. The van der Waals surface area contributed by atoms with Crippen LogP contribution in [-0.4, -0.2) is 39.2 Å². The van der Waals surface area contributed by atoms with Crippen LogP contribution in [0.15, 0.2) is 0 Å². The molecule has 68 valence electrons. The summed E-state index contributed by atoms with van der Waals surface area (Å²) < 4.78 is 1.63. The average molecular weight is 190 g/mol. The fraction of sp³-hybridized carbons (Fsp3) is 0.833. The molecular weight excluding hydrogens is 178 g/mol. The zero-order valence-corrected chi connectivity index (χ0v) is 7.99. The molecular formula is C6H12ClN5. The van der Waals surface area contributed by atoms with Crippen molar-refractivity contribution in [3.63, 3.8) is 0 Å². The van der Waals surface area contributed by atoms with Crippen LogP contribution in [0.4, 0.5) is 5.95 Å². The molecule has 1 aromatic heterocycles. The molecule has 0 bridgehead atoms. The zero-order valence-electron chi connectivity index (χ0n) is 7.24. The molecule has 0 fully saturated rings. The highest BCUT2D eigenvalue weighted by molar-refractivity contribution is 6.18. The van der Waals surface area contributed by atoms with Gasteiger partial charge in [-0.3, -0.25) is 0 Å². The van der Waals surface area contributed by atoms with Gasteiger partial charge in [0.05, 0.1) is 0 Å². The van der Waals surface area contributed by atoms with Crippen LogP contribution in [0.3, 0.4) is 0 Å². The molecule has 0 aliphatic heterocycles. The normalized spacial score (nSPS) is 10.2. The van der Waals surface area contributed by atoms with Gasteiger partial charge in [0.25, 0.3) is 0 Å². The first-order valence-electron chi connectivity index (χ1n) is 3.82. The number of hydrogen-bond acceptors (Lipinski definition) is 4. The molecule has 1 aromatic rings. The van der Waals surface area contributed by atoms with E-state index in [1.807, 2.05) is 18.9 Å². The van der Waals surface area contributed by atoms with Gasteiger partial charge in [0.1, 0.15) is 0 Å². The van der Waals surface area contributed by atoms with Gasteiger partial charge in [-0.25, -0.2) is 4.68 Å². The summed E-state index contributed by atoms with van der Waals surface area (Å²) in [5.74, 6) is 1.35. The van der Waals surface area contributed by atoms with E-state index in [1.165, 1.54) is 0 Å². The maximum Gasteiger partial charge on any atom is 0.245 e. The summed E-state index contributed by atoms with van der Waals surface area (Å²) in [4.78, 5) is 2.02. The Morgan fingerprint density at radius 3 is 2.75 bits per heavy atom. The van der Waals surface area contributed by atoms with Crippen molar-refractivity contribution in [2.75, 3.05) is 23.9 Å². The Labute approximate surface area is 76.3 Å². The van der Waals surface area contributed by atoms with Crippen molar-refractivity contribution in [3.05, 3.63) is 0 Å². The molecule has 0 aliphatic carbocycles. The summed E-state index contributed by atoms with van der Waals surface area (Å²) in [5.41, 5.74) is 0. The number of anilines is 1. The van der Waals surface area contributed by atoms with Crippen LogP contribution in [-0.2, 0) is 7.05 Å². The van der Waals surface area contributed by atoms with E-state index in [-0.39, 0.29) is 0 Å². The van der Waals surface area contributed by atoms with Gasteiger partial charge < -0.3 is 4.90 Å². The first-order chi connectivity index (χ1) is 5.79. The Bertz CT molecular complexity index is 236. The summed E-state index contributed by atoms with van der Waals surface area (Å²) in [5, 5.41) is 11.2. The number of rotatable bonds is 4. The van der Waals surface area contributed by atoms with Crippen LogP contribution in [0.5, 0.6) is 0 Å². The minimum atomic E-state index is 0.584. The van der Waals surface area contributed by atoms with Gasteiger partial charge in [0.15, 0.2) is 0 Å². The maximum absolute atomic E-state index is 5.62. The third-order valence-electron chi connectivity index (χ3n) is 1.62. The lowest BCUT2D eigenvalue weighted by Gasteiger charge is -2.18. The van der Waals surface area contributed by atoms with Gasteiger partial charge in [-0.15, -0.1) is 11.6 Å². The third kappa shape index (κ3) is 1.85. The van der Waals surface area contributed by atoms with E-state index in [0.717, 1.165) is 19.0 Å². The van der Waals surface area contributed by atoms with E-state index >= 15 is 0 Å². The van der Waals surface area contributed by atoms with Crippen LogP contribution >= 0.6 is 11.6 Å². The smallest absolute Gasteiger partial charge is 0.245 e. The second kappa shape index (κ2) is 4.25. The average Bonchev–Trinajstić information content (AvgIpc) is 2.47. The summed E-state index contributed by atoms with van der Waals surface area (Å²) in [6, 6.07) is 0. The van der Waals surface area contributed by atoms with Crippen LogP contribution < -0.4 is 4.90 Å². The molecule has 0 amide bonds. The number of nitrogens with zero attached hydrogens (tertiary/aromatic N) is 5. The van der Waals surface area contributed by atoms with E-state index in [1.54, 1.807) is 4.68 Å². The van der Waals surface area contributed by atoms with Crippen molar-refractivity contribution in [1.29, 1.82) is 0 Å². The maximum atomic E-state index is 5.62. The molecule has 1 heterocycles. The van der Waals surface area contributed by atoms with Crippen molar-refractivity contribution in [3.8, 4) is 0 Å². The lowest BCUT2D eigenvalue weighted by molar-refractivity contribution is 0.690. The summed E-state index contributed by atoms with van der Waals surface area (Å²) >= 11 is 5.62. The Balaban J connectivity index is 2.72. The topological polar surface area (TPSA) is 46.8 Å². The van der Waals surface area contributed by atoms with Gasteiger partial charge >= 0.3 is 0 Å². The number of halogens is 1. The Morgan fingerprint density at radius 1 is 1.58 bits per heavy atom. The largest absolute Gasteiger partial charge is 0.339 e. The Morgan fingerprint density at radius 2 is 2.33 bits per heavy atom. The molecule has 0 saturated heterocycles. The molecule has 5 nitrogen and oxygen atoms in total. The molecule has 1 rings (SSSR count). The zero-order chi connectivity index (χ0) is 8.97. The molecule has 0 unspecified atom stereocenters. The van der Waals surface area contributed by atoms with E-state index in [0.29, 0.717) is 5.88 Å². The molecule has 0 N–H and O–H groups in total. The lowest BCUT2D eigenvalue weighted by Crippen LogP contribution is -2.27. The number of hydrogen-bond donors (Lipinski definition) is 0. The molecule has 12 heavy (non-hydrogen) atoms. The van der Waals surface area contributed by atoms with E-state index in [9.17, 15) is 0 Å². The van der Waals surface area contributed by atoms with Crippen molar-refractivity contribution in [2.24, 2.45) is 7.05 Å². The third-order valence-corrected chi connectivity index (χ3v) is 1.79. The predicted octanol–water partition coefficient (Wildman–Crippen LogP) is 0.275. The molecule has 0 aromatic carbocycles.